The number of hydrogen-bond donors (Lipinski definition) is 1. The molecule has 16 heavy (non-hydrogen) atoms. The fourth-order valence-corrected chi connectivity index (χ4v) is 1.74. The van der Waals surface area contributed by atoms with E-state index in [-0.39, 0.29) is 0 Å². The second-order valence-corrected chi connectivity index (χ2v) is 3.74. The molecule has 0 saturated carbocycles. The molecule has 1 aliphatic heterocycles. The van der Waals surface area contributed by atoms with Gasteiger partial charge in [-0.15, -0.1) is 0 Å². The average molecular weight is 222 g/mol. The van der Waals surface area contributed by atoms with E-state index in [9.17, 15) is 0 Å². The summed E-state index contributed by atoms with van der Waals surface area (Å²) in [5, 5.41) is 3.32. The number of hydrogen-bond acceptors (Lipinski definition) is 5. The summed E-state index contributed by atoms with van der Waals surface area (Å²) < 4.78 is 5.34. The first-order chi connectivity index (χ1) is 7.90. The lowest BCUT2D eigenvalue weighted by molar-refractivity contribution is 0.131. The lowest BCUT2D eigenvalue weighted by Gasteiger charge is -2.28. The van der Waals surface area contributed by atoms with Crippen molar-refractivity contribution in [1.29, 1.82) is 0 Å². The van der Waals surface area contributed by atoms with Crippen LogP contribution in [0.15, 0.2) is 12.4 Å². The van der Waals surface area contributed by atoms with Crippen molar-refractivity contribution in [3.8, 4) is 0 Å². The van der Waals surface area contributed by atoms with E-state index in [4.69, 9.17) is 4.74 Å². The number of nitrogens with zero attached hydrogens (tertiary/aromatic N) is 3. The summed E-state index contributed by atoms with van der Waals surface area (Å²) in [6, 6.07) is 2.01. The molecule has 2 rings (SSSR count). The van der Waals surface area contributed by atoms with Gasteiger partial charge in [0.15, 0.2) is 0 Å². The van der Waals surface area contributed by atoms with Crippen LogP contribution < -0.4 is 10.2 Å². The smallest absolute Gasteiger partial charge is 0.132 e. The Balaban J connectivity index is 2.02. The first kappa shape index (κ1) is 11.3. The van der Waals surface area contributed by atoms with Crippen LogP contribution in [-0.2, 0) is 11.3 Å². The van der Waals surface area contributed by atoms with Gasteiger partial charge in [0.05, 0.1) is 12.3 Å². The number of nitrogens with one attached hydrogen (secondary N) is 1. The van der Waals surface area contributed by atoms with Crippen LogP contribution >= 0.6 is 0 Å². The van der Waals surface area contributed by atoms with Gasteiger partial charge in [-0.25, -0.2) is 9.97 Å². The molecule has 88 valence electrons. The van der Waals surface area contributed by atoms with E-state index < -0.39 is 0 Å². The second-order valence-electron chi connectivity index (χ2n) is 3.74. The number of aromatic nitrogens is 2. The zero-order chi connectivity index (χ0) is 11.2. The first-order valence-electron chi connectivity index (χ1n) is 5.74. The number of rotatable bonds is 4. The molecule has 0 bridgehead atoms. The SMILES string of the molecule is CCOCc1cc(N2CCNCC2)ncn1. The van der Waals surface area contributed by atoms with Gasteiger partial charge in [0, 0.05) is 38.9 Å². The van der Waals surface area contributed by atoms with Crippen molar-refractivity contribution in [1.82, 2.24) is 15.3 Å². The van der Waals surface area contributed by atoms with E-state index in [0.29, 0.717) is 13.2 Å². The summed E-state index contributed by atoms with van der Waals surface area (Å²) in [6.07, 6.45) is 1.62. The van der Waals surface area contributed by atoms with E-state index in [1.807, 2.05) is 13.0 Å². The van der Waals surface area contributed by atoms with Gasteiger partial charge in [0.2, 0.25) is 0 Å². The Kier molecular flexibility index (Phi) is 4.07. The van der Waals surface area contributed by atoms with Crippen LogP contribution in [0.3, 0.4) is 0 Å². The molecule has 1 aliphatic rings. The largest absolute Gasteiger partial charge is 0.375 e. The quantitative estimate of drug-likeness (QED) is 0.800. The van der Waals surface area contributed by atoms with Gasteiger partial charge in [-0.3, -0.25) is 0 Å². The number of anilines is 1. The minimum atomic E-state index is 0.568. The van der Waals surface area contributed by atoms with Gasteiger partial charge in [-0.1, -0.05) is 0 Å². The van der Waals surface area contributed by atoms with Crippen LogP contribution in [0.2, 0.25) is 0 Å². The summed E-state index contributed by atoms with van der Waals surface area (Å²) in [7, 11) is 0. The van der Waals surface area contributed by atoms with Gasteiger partial charge in [-0.2, -0.15) is 0 Å². The molecule has 0 radical (unpaired) electrons. The van der Waals surface area contributed by atoms with Gasteiger partial charge in [0.1, 0.15) is 12.1 Å². The average Bonchev–Trinajstić information content (AvgIpc) is 2.38. The summed E-state index contributed by atoms with van der Waals surface area (Å²) in [4.78, 5) is 10.8. The highest BCUT2D eigenvalue weighted by Crippen LogP contribution is 2.11. The molecule has 5 heteroatoms. The summed E-state index contributed by atoms with van der Waals surface area (Å²) >= 11 is 0. The van der Waals surface area contributed by atoms with Gasteiger partial charge in [0.25, 0.3) is 0 Å². The van der Waals surface area contributed by atoms with E-state index in [1.165, 1.54) is 0 Å². The predicted molar refractivity (Wildman–Crippen MR) is 62.4 cm³/mol. The molecule has 1 aromatic rings. The van der Waals surface area contributed by atoms with E-state index >= 15 is 0 Å². The van der Waals surface area contributed by atoms with Crippen molar-refractivity contribution in [2.75, 3.05) is 37.7 Å². The molecule has 0 aliphatic carbocycles. The van der Waals surface area contributed by atoms with Gasteiger partial charge >= 0.3 is 0 Å². The third kappa shape index (κ3) is 2.90. The van der Waals surface area contributed by atoms with Crippen molar-refractivity contribution in [2.24, 2.45) is 0 Å². The Morgan fingerprint density at radius 3 is 2.94 bits per heavy atom. The molecule has 0 spiro atoms. The molecule has 2 heterocycles. The van der Waals surface area contributed by atoms with Crippen molar-refractivity contribution in [3.05, 3.63) is 18.1 Å². The minimum Gasteiger partial charge on any atom is -0.375 e. The Labute approximate surface area is 95.8 Å². The normalized spacial score (nSPS) is 16.4. The fraction of sp³-hybridized carbons (Fsp3) is 0.636. The lowest BCUT2D eigenvalue weighted by atomic mass is 10.3. The standard InChI is InChI=1S/C11H18N4O/c1-2-16-8-10-7-11(14-9-13-10)15-5-3-12-4-6-15/h7,9,12H,2-6,8H2,1H3. The molecule has 0 atom stereocenters. The van der Waals surface area contributed by atoms with Crippen LogP contribution in [0.25, 0.3) is 0 Å². The van der Waals surface area contributed by atoms with E-state index in [1.54, 1.807) is 6.33 Å². The maximum atomic E-state index is 5.34. The highest BCUT2D eigenvalue weighted by molar-refractivity contribution is 5.39. The zero-order valence-electron chi connectivity index (χ0n) is 9.65. The van der Waals surface area contributed by atoms with E-state index in [0.717, 1.165) is 37.7 Å². The van der Waals surface area contributed by atoms with E-state index in [2.05, 4.69) is 20.2 Å². The summed E-state index contributed by atoms with van der Waals surface area (Å²) in [5.74, 6) is 1.01. The monoisotopic (exact) mass is 222 g/mol. The number of ether oxygens (including phenoxy) is 1. The molecule has 0 amide bonds. The molecule has 0 unspecified atom stereocenters. The zero-order valence-corrected chi connectivity index (χ0v) is 9.65. The Hall–Kier alpha value is -1.20. The number of piperazine rings is 1. The third-order valence-electron chi connectivity index (χ3n) is 2.60. The molecule has 5 nitrogen and oxygen atoms in total. The lowest BCUT2D eigenvalue weighted by Crippen LogP contribution is -2.43. The van der Waals surface area contributed by atoms with Crippen LogP contribution in [0, 0.1) is 0 Å². The maximum absolute atomic E-state index is 5.34. The van der Waals surface area contributed by atoms with Crippen LogP contribution in [0.5, 0.6) is 0 Å². The van der Waals surface area contributed by atoms with Crippen molar-refractivity contribution >= 4 is 5.82 Å². The molecular formula is C11H18N4O. The third-order valence-corrected chi connectivity index (χ3v) is 2.60. The van der Waals surface area contributed by atoms with Gasteiger partial charge < -0.3 is 15.0 Å². The Morgan fingerprint density at radius 2 is 2.19 bits per heavy atom. The fourth-order valence-electron chi connectivity index (χ4n) is 1.74. The Morgan fingerprint density at radius 1 is 1.38 bits per heavy atom. The van der Waals surface area contributed by atoms with Crippen LogP contribution in [-0.4, -0.2) is 42.8 Å². The molecule has 1 fully saturated rings. The molecular weight excluding hydrogens is 204 g/mol. The summed E-state index contributed by atoms with van der Waals surface area (Å²) in [6.45, 7) is 7.31. The molecule has 1 saturated heterocycles. The van der Waals surface area contributed by atoms with Crippen LogP contribution in [0.4, 0.5) is 5.82 Å². The molecule has 0 aromatic carbocycles. The molecule has 1 N–H and O–H groups in total. The maximum Gasteiger partial charge on any atom is 0.132 e. The Bertz CT molecular complexity index is 326. The second kappa shape index (κ2) is 5.77. The highest BCUT2D eigenvalue weighted by atomic mass is 16.5. The topological polar surface area (TPSA) is 50.3 Å². The van der Waals surface area contributed by atoms with Crippen molar-refractivity contribution < 1.29 is 4.74 Å². The van der Waals surface area contributed by atoms with Crippen molar-refractivity contribution in [2.45, 2.75) is 13.5 Å². The minimum absolute atomic E-state index is 0.568. The van der Waals surface area contributed by atoms with Crippen LogP contribution in [0.1, 0.15) is 12.6 Å². The summed E-state index contributed by atoms with van der Waals surface area (Å²) in [5.41, 5.74) is 0.949. The first-order valence-corrected chi connectivity index (χ1v) is 5.74. The van der Waals surface area contributed by atoms with Crippen molar-refractivity contribution in [3.63, 3.8) is 0 Å². The van der Waals surface area contributed by atoms with Gasteiger partial charge in [-0.05, 0) is 6.92 Å². The predicted octanol–water partition coefficient (Wildman–Crippen LogP) is 0.423. The molecule has 1 aromatic heterocycles. The highest BCUT2D eigenvalue weighted by Gasteiger charge is 2.11.